The first-order chi connectivity index (χ1) is 8.08. The molecule has 0 saturated heterocycles. The molecule has 0 fully saturated rings. The molecule has 0 bridgehead atoms. The smallest absolute Gasteiger partial charge is 0.252 e. The minimum Gasteiger partial charge on any atom is -0.350 e. The summed E-state index contributed by atoms with van der Waals surface area (Å²) >= 11 is 5.97. The number of carbonyl (C=O) groups excluding carboxylic acids is 1. The summed E-state index contributed by atoms with van der Waals surface area (Å²) < 4.78 is 0. The van der Waals surface area contributed by atoms with Gasteiger partial charge in [-0.25, -0.2) is 0 Å². The van der Waals surface area contributed by atoms with Gasteiger partial charge in [0.2, 0.25) is 0 Å². The second-order valence-corrected chi connectivity index (χ2v) is 4.74. The van der Waals surface area contributed by atoms with E-state index in [9.17, 15) is 4.79 Å². The third-order valence-corrected chi connectivity index (χ3v) is 2.74. The van der Waals surface area contributed by atoms with Gasteiger partial charge < -0.3 is 5.32 Å². The summed E-state index contributed by atoms with van der Waals surface area (Å²) in [4.78, 5) is 12.0. The van der Waals surface area contributed by atoms with Gasteiger partial charge in [0.25, 0.3) is 5.91 Å². The molecule has 0 saturated carbocycles. The Morgan fingerprint density at radius 3 is 2.71 bits per heavy atom. The monoisotopic (exact) mass is 247 g/mol. The Labute approximate surface area is 106 Å². The summed E-state index contributed by atoms with van der Waals surface area (Å²) in [6, 6.07) is 11.4. The minimum atomic E-state index is -0.0622. The highest BCUT2D eigenvalue weighted by atomic mass is 35.5. The van der Waals surface area contributed by atoms with Gasteiger partial charge in [0.15, 0.2) is 0 Å². The van der Waals surface area contributed by atoms with Crippen molar-refractivity contribution in [1.82, 2.24) is 5.32 Å². The molecule has 0 aliphatic carbocycles. The average molecular weight is 248 g/mol. The van der Waals surface area contributed by atoms with E-state index in [0.717, 1.165) is 10.8 Å². The van der Waals surface area contributed by atoms with Gasteiger partial charge in [-0.05, 0) is 42.8 Å². The molecule has 0 aliphatic rings. The Bertz CT molecular complexity index is 563. The molecule has 2 aromatic carbocycles. The Morgan fingerprint density at radius 1 is 1.24 bits per heavy atom. The lowest BCUT2D eigenvalue weighted by molar-refractivity contribution is 0.0945. The predicted octanol–water partition coefficient (Wildman–Crippen LogP) is 3.63. The lowest BCUT2D eigenvalue weighted by Gasteiger charge is -2.10. The van der Waals surface area contributed by atoms with Crippen molar-refractivity contribution in [3.8, 4) is 0 Å². The summed E-state index contributed by atoms with van der Waals surface area (Å²) in [5, 5.41) is 5.44. The highest BCUT2D eigenvalue weighted by Crippen LogP contribution is 2.22. The zero-order chi connectivity index (χ0) is 12.4. The van der Waals surface area contributed by atoms with E-state index < -0.39 is 0 Å². The van der Waals surface area contributed by atoms with Crippen LogP contribution in [0.4, 0.5) is 0 Å². The third kappa shape index (κ3) is 2.59. The Morgan fingerprint density at radius 2 is 2.00 bits per heavy atom. The predicted molar refractivity (Wildman–Crippen MR) is 71.6 cm³/mol. The highest BCUT2D eigenvalue weighted by molar-refractivity contribution is 6.31. The maximum absolute atomic E-state index is 12.0. The van der Waals surface area contributed by atoms with Crippen LogP contribution in [0.2, 0.25) is 5.02 Å². The molecule has 3 heteroatoms. The average Bonchev–Trinajstić information content (AvgIpc) is 2.27. The normalized spacial score (nSPS) is 10.8. The van der Waals surface area contributed by atoms with Crippen LogP contribution in [0.15, 0.2) is 36.4 Å². The van der Waals surface area contributed by atoms with Crippen LogP contribution in [0.1, 0.15) is 24.2 Å². The van der Waals surface area contributed by atoms with E-state index >= 15 is 0 Å². The van der Waals surface area contributed by atoms with Crippen LogP contribution in [0.5, 0.6) is 0 Å². The lowest BCUT2D eigenvalue weighted by Crippen LogP contribution is -2.30. The van der Waals surface area contributed by atoms with Crippen molar-refractivity contribution < 1.29 is 4.79 Å². The molecule has 1 amide bonds. The van der Waals surface area contributed by atoms with Crippen molar-refractivity contribution in [3.63, 3.8) is 0 Å². The molecule has 17 heavy (non-hydrogen) atoms. The van der Waals surface area contributed by atoms with Crippen LogP contribution in [-0.2, 0) is 0 Å². The van der Waals surface area contributed by atoms with E-state index in [0.29, 0.717) is 10.6 Å². The topological polar surface area (TPSA) is 29.1 Å². The molecule has 0 radical (unpaired) electrons. The largest absolute Gasteiger partial charge is 0.350 e. The Balaban J connectivity index is 2.53. The summed E-state index contributed by atoms with van der Waals surface area (Å²) in [6.45, 7) is 3.88. The van der Waals surface area contributed by atoms with E-state index in [1.807, 2.05) is 50.2 Å². The van der Waals surface area contributed by atoms with Crippen molar-refractivity contribution in [2.75, 3.05) is 0 Å². The van der Waals surface area contributed by atoms with E-state index in [1.165, 1.54) is 0 Å². The molecule has 0 unspecified atom stereocenters. The van der Waals surface area contributed by atoms with E-state index in [4.69, 9.17) is 11.6 Å². The van der Waals surface area contributed by atoms with E-state index in [2.05, 4.69) is 5.32 Å². The molecule has 0 spiro atoms. The molecular weight excluding hydrogens is 234 g/mol. The second-order valence-electron chi connectivity index (χ2n) is 4.30. The lowest BCUT2D eigenvalue weighted by atomic mass is 10.0. The molecular formula is C14H14ClNO. The number of rotatable bonds is 2. The van der Waals surface area contributed by atoms with Gasteiger partial charge in [0.05, 0.1) is 0 Å². The van der Waals surface area contributed by atoms with Gasteiger partial charge in [-0.1, -0.05) is 29.8 Å². The molecule has 2 aromatic rings. The zero-order valence-electron chi connectivity index (χ0n) is 9.83. The van der Waals surface area contributed by atoms with Gasteiger partial charge in [0.1, 0.15) is 0 Å². The number of fused-ring (bicyclic) bond motifs is 1. The van der Waals surface area contributed by atoms with Crippen molar-refractivity contribution in [1.29, 1.82) is 0 Å². The second kappa shape index (κ2) is 4.76. The number of carbonyl (C=O) groups is 1. The van der Waals surface area contributed by atoms with Crippen molar-refractivity contribution >= 4 is 28.3 Å². The molecule has 0 atom stereocenters. The van der Waals surface area contributed by atoms with Crippen LogP contribution in [0.3, 0.4) is 0 Å². The molecule has 1 N–H and O–H groups in total. The number of hydrogen-bond donors (Lipinski definition) is 1. The van der Waals surface area contributed by atoms with Crippen LogP contribution < -0.4 is 5.32 Å². The summed E-state index contributed by atoms with van der Waals surface area (Å²) in [5.74, 6) is -0.0622. The fraction of sp³-hybridized carbons (Fsp3) is 0.214. The minimum absolute atomic E-state index is 0.0622. The standard InChI is InChI=1S/C14H14ClNO/c1-9(2)16-14(17)12-5-3-4-10-6-7-11(15)8-13(10)12/h3-9H,1-2H3,(H,16,17). The fourth-order valence-corrected chi connectivity index (χ4v) is 1.95. The summed E-state index contributed by atoms with van der Waals surface area (Å²) in [6.07, 6.45) is 0. The Kier molecular flexibility index (Phi) is 3.34. The molecule has 0 aromatic heterocycles. The third-order valence-electron chi connectivity index (χ3n) is 2.51. The van der Waals surface area contributed by atoms with Crippen LogP contribution in [0, 0.1) is 0 Å². The fourth-order valence-electron chi connectivity index (χ4n) is 1.78. The molecule has 0 heterocycles. The number of nitrogens with one attached hydrogen (secondary N) is 1. The Hall–Kier alpha value is -1.54. The molecule has 0 aliphatic heterocycles. The van der Waals surface area contributed by atoms with E-state index in [1.54, 1.807) is 0 Å². The van der Waals surface area contributed by atoms with E-state index in [-0.39, 0.29) is 11.9 Å². The van der Waals surface area contributed by atoms with Gasteiger partial charge in [-0.3, -0.25) is 4.79 Å². The van der Waals surface area contributed by atoms with Gasteiger partial charge >= 0.3 is 0 Å². The highest BCUT2D eigenvalue weighted by Gasteiger charge is 2.10. The van der Waals surface area contributed by atoms with Crippen molar-refractivity contribution in [3.05, 3.63) is 47.0 Å². The van der Waals surface area contributed by atoms with Crippen molar-refractivity contribution in [2.24, 2.45) is 0 Å². The van der Waals surface area contributed by atoms with Gasteiger partial charge in [-0.2, -0.15) is 0 Å². The number of amides is 1. The quantitative estimate of drug-likeness (QED) is 0.863. The van der Waals surface area contributed by atoms with Crippen LogP contribution >= 0.6 is 11.6 Å². The first-order valence-electron chi connectivity index (χ1n) is 5.57. The first-order valence-corrected chi connectivity index (χ1v) is 5.95. The first kappa shape index (κ1) is 11.9. The van der Waals surface area contributed by atoms with Crippen LogP contribution in [0.25, 0.3) is 10.8 Å². The number of benzene rings is 2. The SMILES string of the molecule is CC(C)NC(=O)c1cccc2ccc(Cl)cc12. The molecule has 88 valence electrons. The number of hydrogen-bond acceptors (Lipinski definition) is 1. The maximum atomic E-state index is 12.0. The summed E-state index contributed by atoms with van der Waals surface area (Å²) in [7, 11) is 0. The number of halogens is 1. The summed E-state index contributed by atoms with van der Waals surface area (Å²) in [5.41, 5.74) is 0.665. The molecule has 2 nitrogen and oxygen atoms in total. The molecule has 2 rings (SSSR count). The van der Waals surface area contributed by atoms with Gasteiger partial charge in [-0.15, -0.1) is 0 Å². The van der Waals surface area contributed by atoms with Crippen LogP contribution in [-0.4, -0.2) is 11.9 Å². The van der Waals surface area contributed by atoms with Gasteiger partial charge in [0, 0.05) is 16.6 Å². The maximum Gasteiger partial charge on any atom is 0.252 e. The van der Waals surface area contributed by atoms with Crippen molar-refractivity contribution in [2.45, 2.75) is 19.9 Å². The zero-order valence-corrected chi connectivity index (χ0v) is 10.6.